The van der Waals surface area contributed by atoms with E-state index in [9.17, 15) is 69.5 Å². The van der Waals surface area contributed by atoms with E-state index in [1.54, 1.807) is 0 Å². The van der Waals surface area contributed by atoms with Crippen molar-refractivity contribution in [2.75, 3.05) is 0 Å². The molecule has 0 heterocycles. The molecule has 6 nitrogen and oxygen atoms in total. The average molecular weight is 758 g/mol. The first-order valence-electron chi connectivity index (χ1n) is 8.94. The van der Waals surface area contributed by atoms with E-state index < -0.39 is 80.6 Å². The highest BCUT2D eigenvalue weighted by molar-refractivity contribution is 9.11. The third-order valence-electron chi connectivity index (χ3n) is 4.55. The Morgan fingerprint density at radius 3 is 1.03 bits per heavy atom. The van der Waals surface area contributed by atoms with E-state index in [2.05, 4.69) is 40.2 Å². The molecule has 0 N–H and O–H groups in total. The van der Waals surface area contributed by atoms with Gasteiger partial charge in [-0.2, -0.15) is 69.5 Å². The van der Waals surface area contributed by atoms with Crippen molar-refractivity contribution in [3.05, 3.63) is 56.5 Å². The smallest absolute Gasteiger partial charge is 0.375 e. The minimum Gasteiger partial charge on any atom is -0.375 e. The molecule has 0 aromatic heterocycles. The molecule has 0 saturated heterocycles. The maximum atomic E-state index is 14.3. The van der Waals surface area contributed by atoms with Crippen molar-refractivity contribution in [2.45, 2.75) is 28.8 Å². The van der Waals surface area contributed by atoms with Gasteiger partial charge >= 0.3 is 43.6 Å². The number of hydrogen-bond donors (Lipinski definition) is 0. The van der Waals surface area contributed by atoms with Crippen LogP contribution in [0, 0.1) is 0 Å². The first kappa shape index (κ1) is 33.3. The lowest BCUT2D eigenvalue weighted by atomic mass is 9.73. The Hall–Kier alpha value is -1.94. The molecule has 0 fully saturated rings. The second-order valence-electron chi connectivity index (χ2n) is 7.00. The van der Waals surface area contributed by atoms with Crippen LogP contribution in [0.1, 0.15) is 11.1 Å². The van der Waals surface area contributed by atoms with E-state index in [1.165, 1.54) is 0 Å². The van der Waals surface area contributed by atoms with Crippen molar-refractivity contribution in [3.8, 4) is 11.5 Å². The molecule has 0 aliphatic heterocycles. The molecule has 220 valence electrons. The lowest BCUT2D eigenvalue weighted by Crippen LogP contribution is -2.54. The predicted octanol–water partition coefficient (Wildman–Crippen LogP) is 7.08. The molecule has 0 saturated carbocycles. The maximum absolute atomic E-state index is 14.3. The van der Waals surface area contributed by atoms with Gasteiger partial charge in [-0.1, -0.05) is 12.1 Å². The Bertz CT molecular complexity index is 1350. The highest BCUT2D eigenvalue weighted by atomic mass is 79.9. The molecule has 0 amide bonds. The van der Waals surface area contributed by atoms with Gasteiger partial charge in [-0.05, 0) is 67.3 Å². The fourth-order valence-electron chi connectivity index (χ4n) is 2.92. The molecule has 0 aliphatic carbocycles. The van der Waals surface area contributed by atoms with Gasteiger partial charge in [0.1, 0.15) is 0 Å². The van der Waals surface area contributed by atoms with Crippen LogP contribution in [0.25, 0.3) is 0 Å². The number of hydrogen-bond acceptors (Lipinski definition) is 6. The number of rotatable bonds is 6. The summed E-state index contributed by atoms with van der Waals surface area (Å²) >= 11 is 4.70. The van der Waals surface area contributed by atoms with Gasteiger partial charge in [0.2, 0.25) is 5.41 Å². The Morgan fingerprint density at radius 1 is 0.538 bits per heavy atom. The standard InChI is InChI=1S/C17H6Br2F12O6S2/c18-9-5-7(1-3-11(9)36-38(32,33)16(26,27)28)13(14(20,21)22,15(23,24)25)8-2-4-12(10(19)6-8)37-39(34,35)17(29,30)31/h1-6H. The van der Waals surface area contributed by atoms with Crippen LogP contribution in [0.3, 0.4) is 0 Å². The van der Waals surface area contributed by atoms with Crippen LogP contribution in [0.5, 0.6) is 11.5 Å². The lowest BCUT2D eigenvalue weighted by Gasteiger charge is -2.38. The largest absolute Gasteiger partial charge is 0.534 e. The second kappa shape index (κ2) is 10.2. The highest BCUT2D eigenvalue weighted by Gasteiger charge is 2.72. The second-order valence-corrected chi connectivity index (χ2v) is 11.8. The van der Waals surface area contributed by atoms with Crippen LogP contribution in [0.4, 0.5) is 52.7 Å². The summed E-state index contributed by atoms with van der Waals surface area (Å²) in [5.41, 5.74) is -20.6. The summed E-state index contributed by atoms with van der Waals surface area (Å²) in [6.07, 6.45) is -12.7. The predicted molar refractivity (Wildman–Crippen MR) is 112 cm³/mol. The molecule has 0 unspecified atom stereocenters. The van der Waals surface area contributed by atoms with Crippen LogP contribution in [-0.2, 0) is 25.7 Å². The van der Waals surface area contributed by atoms with Gasteiger partial charge in [0, 0.05) is 0 Å². The van der Waals surface area contributed by atoms with Gasteiger partial charge in [-0.25, -0.2) is 0 Å². The summed E-state index contributed by atoms with van der Waals surface area (Å²) < 4.78 is 211. The van der Waals surface area contributed by atoms with Crippen LogP contribution in [0.15, 0.2) is 45.3 Å². The zero-order chi connectivity index (χ0) is 30.6. The van der Waals surface area contributed by atoms with E-state index in [0.717, 1.165) is 0 Å². The van der Waals surface area contributed by atoms with Gasteiger partial charge in [-0.3, -0.25) is 0 Å². The molecule has 2 rings (SSSR count). The van der Waals surface area contributed by atoms with Gasteiger partial charge in [0.25, 0.3) is 0 Å². The summed E-state index contributed by atoms with van der Waals surface area (Å²) in [6, 6.07) is -0.100. The monoisotopic (exact) mass is 756 g/mol. The van der Waals surface area contributed by atoms with E-state index in [4.69, 9.17) is 0 Å². The Morgan fingerprint density at radius 2 is 0.821 bits per heavy atom. The Kier molecular flexibility index (Phi) is 8.66. The summed E-state index contributed by atoms with van der Waals surface area (Å²) in [5, 5.41) is 0. The molecule has 22 heteroatoms. The number of alkyl halides is 12. The minimum atomic E-state index is -6.39. The van der Waals surface area contributed by atoms with Crippen molar-refractivity contribution in [3.63, 3.8) is 0 Å². The van der Waals surface area contributed by atoms with Crippen molar-refractivity contribution >= 4 is 52.1 Å². The van der Waals surface area contributed by atoms with E-state index >= 15 is 0 Å². The molecule has 0 bridgehead atoms. The normalized spacial score (nSPS) is 14.3. The van der Waals surface area contributed by atoms with Gasteiger partial charge < -0.3 is 8.37 Å². The molecule has 0 atom stereocenters. The van der Waals surface area contributed by atoms with Crippen LogP contribution >= 0.6 is 31.9 Å². The summed E-state index contributed by atoms with van der Waals surface area (Å²) in [4.78, 5) is 0. The third kappa shape index (κ3) is 6.21. The molecule has 0 radical (unpaired) electrons. The highest BCUT2D eigenvalue weighted by Crippen LogP contribution is 2.57. The summed E-state index contributed by atoms with van der Waals surface area (Å²) in [5.74, 6) is -2.70. The fourth-order valence-corrected chi connectivity index (χ4v) is 5.00. The maximum Gasteiger partial charge on any atom is 0.534 e. The SMILES string of the molecule is O=S(=O)(Oc1ccc(C(c2ccc(OS(=O)(=O)C(F)(F)F)c(Br)c2)(C(F)(F)F)C(F)(F)F)cc1Br)C(F)(F)F. The van der Waals surface area contributed by atoms with Crippen molar-refractivity contribution in [1.29, 1.82) is 0 Å². The zero-order valence-electron chi connectivity index (χ0n) is 17.5. The molecule has 0 aliphatic rings. The topological polar surface area (TPSA) is 86.7 Å². The quantitative estimate of drug-likeness (QED) is 0.178. The first-order valence-corrected chi connectivity index (χ1v) is 13.3. The third-order valence-corrected chi connectivity index (χ3v) is 7.72. The molecule has 39 heavy (non-hydrogen) atoms. The zero-order valence-corrected chi connectivity index (χ0v) is 22.3. The van der Waals surface area contributed by atoms with Crippen LogP contribution in [-0.4, -0.2) is 40.2 Å². The molecule has 2 aromatic carbocycles. The Balaban J connectivity index is 2.80. The lowest BCUT2D eigenvalue weighted by molar-refractivity contribution is -0.288. The number of benzene rings is 2. The molecule has 2 aromatic rings. The first-order chi connectivity index (χ1) is 17.2. The van der Waals surface area contributed by atoms with Crippen molar-refractivity contribution < 1.29 is 77.9 Å². The van der Waals surface area contributed by atoms with E-state index in [0.29, 0.717) is 0 Å². The van der Waals surface area contributed by atoms with E-state index in [1.807, 2.05) is 0 Å². The van der Waals surface area contributed by atoms with Crippen LogP contribution in [0.2, 0.25) is 0 Å². The van der Waals surface area contributed by atoms with Crippen LogP contribution < -0.4 is 8.37 Å². The van der Waals surface area contributed by atoms with Gasteiger partial charge in [-0.15, -0.1) is 0 Å². The fraction of sp³-hybridized carbons (Fsp3) is 0.294. The Labute approximate surface area is 226 Å². The summed E-state index contributed by atoms with van der Waals surface area (Å²) in [7, 11) is -12.8. The van der Waals surface area contributed by atoms with Gasteiger partial charge in [0.05, 0.1) is 8.95 Å². The molecular weight excluding hydrogens is 752 g/mol. The average Bonchev–Trinajstić information content (AvgIpc) is 2.68. The molecular formula is C17H6Br2F12O6S2. The minimum absolute atomic E-state index is 0.0470. The van der Waals surface area contributed by atoms with Crippen molar-refractivity contribution in [2.24, 2.45) is 0 Å². The number of halogens is 14. The van der Waals surface area contributed by atoms with Gasteiger partial charge in [0.15, 0.2) is 11.5 Å². The molecule has 0 spiro atoms. The van der Waals surface area contributed by atoms with Crippen molar-refractivity contribution in [1.82, 2.24) is 0 Å². The van der Waals surface area contributed by atoms with E-state index in [-0.39, 0.29) is 36.4 Å². The summed E-state index contributed by atoms with van der Waals surface area (Å²) in [6.45, 7) is 0.